The maximum absolute atomic E-state index is 11.9. The van der Waals surface area contributed by atoms with Gasteiger partial charge >= 0.3 is 0 Å². The highest BCUT2D eigenvalue weighted by molar-refractivity contribution is 5.81. The summed E-state index contributed by atoms with van der Waals surface area (Å²) in [7, 11) is 1.65. The molecular formula is C15H30N2O3. The Morgan fingerprint density at radius 3 is 2.55 bits per heavy atom. The molecule has 1 fully saturated rings. The molecule has 1 aliphatic rings. The van der Waals surface area contributed by atoms with Gasteiger partial charge < -0.3 is 20.5 Å². The lowest BCUT2D eigenvalue weighted by Crippen LogP contribution is -2.49. The molecule has 0 aromatic carbocycles. The SMILES string of the molecule is COCCCNC(=O)C(C)NCC1(O)CCCCCC1. The van der Waals surface area contributed by atoms with Crippen LogP contribution in [-0.2, 0) is 9.53 Å². The molecule has 1 saturated carbocycles. The standard InChI is InChI=1S/C15H30N2O3/c1-13(14(18)16-10-7-11-20-2)17-12-15(19)8-5-3-4-6-9-15/h13,17,19H,3-12H2,1-2H3,(H,16,18). The van der Waals surface area contributed by atoms with Crippen LogP contribution >= 0.6 is 0 Å². The third-order valence-electron chi connectivity index (χ3n) is 3.99. The Morgan fingerprint density at radius 2 is 1.95 bits per heavy atom. The molecule has 0 spiro atoms. The van der Waals surface area contributed by atoms with Gasteiger partial charge in [0.05, 0.1) is 11.6 Å². The molecule has 1 rings (SSSR count). The van der Waals surface area contributed by atoms with Crippen molar-refractivity contribution in [2.45, 2.75) is 63.5 Å². The molecule has 0 aromatic heterocycles. The van der Waals surface area contributed by atoms with Gasteiger partial charge in [-0.3, -0.25) is 4.79 Å². The molecule has 118 valence electrons. The first-order valence-corrected chi connectivity index (χ1v) is 7.80. The lowest BCUT2D eigenvalue weighted by Gasteiger charge is -2.28. The van der Waals surface area contributed by atoms with Crippen LogP contribution in [0.25, 0.3) is 0 Å². The van der Waals surface area contributed by atoms with Crippen LogP contribution in [0.3, 0.4) is 0 Å². The van der Waals surface area contributed by atoms with E-state index in [4.69, 9.17) is 4.74 Å². The average molecular weight is 286 g/mol. The topological polar surface area (TPSA) is 70.6 Å². The van der Waals surface area contributed by atoms with Crippen LogP contribution in [0.4, 0.5) is 0 Å². The number of ether oxygens (including phenoxy) is 1. The Labute approximate surface area is 122 Å². The lowest BCUT2D eigenvalue weighted by molar-refractivity contribution is -0.123. The van der Waals surface area contributed by atoms with Crippen molar-refractivity contribution in [1.82, 2.24) is 10.6 Å². The van der Waals surface area contributed by atoms with Crippen LogP contribution in [-0.4, -0.2) is 49.5 Å². The number of amides is 1. The summed E-state index contributed by atoms with van der Waals surface area (Å²) in [5, 5.41) is 16.6. The number of carbonyl (C=O) groups is 1. The highest BCUT2D eigenvalue weighted by Crippen LogP contribution is 2.26. The first-order valence-electron chi connectivity index (χ1n) is 7.80. The fourth-order valence-electron chi connectivity index (χ4n) is 2.58. The molecule has 0 aliphatic heterocycles. The van der Waals surface area contributed by atoms with Crippen molar-refractivity contribution in [3.05, 3.63) is 0 Å². The summed E-state index contributed by atoms with van der Waals surface area (Å²) >= 11 is 0. The quantitative estimate of drug-likeness (QED) is 0.463. The molecule has 3 N–H and O–H groups in total. The van der Waals surface area contributed by atoms with Crippen LogP contribution < -0.4 is 10.6 Å². The molecule has 5 nitrogen and oxygen atoms in total. The van der Waals surface area contributed by atoms with Crippen LogP contribution in [0, 0.1) is 0 Å². The summed E-state index contributed by atoms with van der Waals surface area (Å²) in [6.45, 7) is 3.62. The van der Waals surface area contributed by atoms with Crippen LogP contribution in [0.1, 0.15) is 51.9 Å². The van der Waals surface area contributed by atoms with Crippen molar-refractivity contribution < 1.29 is 14.6 Å². The third kappa shape index (κ3) is 6.68. The Morgan fingerprint density at radius 1 is 1.30 bits per heavy atom. The summed E-state index contributed by atoms with van der Waals surface area (Å²) in [5.74, 6) is -0.0154. The van der Waals surface area contributed by atoms with Gasteiger partial charge in [0.1, 0.15) is 0 Å². The van der Waals surface area contributed by atoms with E-state index in [1.165, 1.54) is 12.8 Å². The Balaban J connectivity index is 2.23. The zero-order chi connectivity index (χ0) is 14.8. The number of hydrogen-bond acceptors (Lipinski definition) is 4. The molecule has 5 heteroatoms. The van der Waals surface area contributed by atoms with Gasteiger partial charge in [-0.05, 0) is 26.2 Å². The van der Waals surface area contributed by atoms with E-state index >= 15 is 0 Å². The van der Waals surface area contributed by atoms with Gasteiger partial charge in [-0.1, -0.05) is 25.7 Å². The van der Waals surface area contributed by atoms with E-state index in [-0.39, 0.29) is 11.9 Å². The molecule has 20 heavy (non-hydrogen) atoms. The van der Waals surface area contributed by atoms with Gasteiger partial charge in [-0.15, -0.1) is 0 Å². The van der Waals surface area contributed by atoms with E-state index in [1.54, 1.807) is 7.11 Å². The Kier molecular flexibility index (Phi) is 8.11. The Bertz CT molecular complexity index is 276. The van der Waals surface area contributed by atoms with Crippen molar-refractivity contribution >= 4 is 5.91 Å². The molecular weight excluding hydrogens is 256 g/mol. The van der Waals surface area contributed by atoms with Crippen LogP contribution in [0.2, 0.25) is 0 Å². The van der Waals surface area contributed by atoms with Gasteiger partial charge in [-0.25, -0.2) is 0 Å². The maximum atomic E-state index is 11.9. The number of carbonyl (C=O) groups excluding carboxylic acids is 1. The van der Waals surface area contributed by atoms with E-state index in [0.717, 1.165) is 32.1 Å². The molecule has 0 heterocycles. The van der Waals surface area contributed by atoms with Gasteiger partial charge in [0.2, 0.25) is 5.91 Å². The van der Waals surface area contributed by atoms with E-state index in [9.17, 15) is 9.90 Å². The first kappa shape index (κ1) is 17.4. The second kappa shape index (κ2) is 9.32. The molecule has 0 radical (unpaired) electrons. The summed E-state index contributed by atoms with van der Waals surface area (Å²) in [6.07, 6.45) is 7.06. The van der Waals surface area contributed by atoms with Gasteiger partial charge in [0.25, 0.3) is 0 Å². The van der Waals surface area contributed by atoms with Crippen LogP contribution in [0.5, 0.6) is 0 Å². The fraction of sp³-hybridized carbons (Fsp3) is 0.933. The van der Waals surface area contributed by atoms with Gasteiger partial charge in [0.15, 0.2) is 0 Å². The summed E-state index contributed by atoms with van der Waals surface area (Å²) in [5.41, 5.74) is -0.638. The predicted molar refractivity (Wildman–Crippen MR) is 79.6 cm³/mol. The largest absolute Gasteiger partial charge is 0.389 e. The number of aliphatic hydroxyl groups is 1. The third-order valence-corrected chi connectivity index (χ3v) is 3.99. The highest BCUT2D eigenvalue weighted by Gasteiger charge is 2.28. The molecule has 0 aromatic rings. The number of hydrogen-bond donors (Lipinski definition) is 3. The Hall–Kier alpha value is -0.650. The first-order chi connectivity index (χ1) is 9.57. The van der Waals surface area contributed by atoms with E-state index < -0.39 is 5.60 Å². The molecule has 1 amide bonds. The van der Waals surface area contributed by atoms with Crippen molar-refractivity contribution in [3.8, 4) is 0 Å². The summed E-state index contributed by atoms with van der Waals surface area (Å²) in [6, 6.07) is -0.273. The predicted octanol–water partition coefficient (Wildman–Crippen LogP) is 1.20. The van der Waals surface area contributed by atoms with Crippen molar-refractivity contribution in [1.29, 1.82) is 0 Å². The lowest BCUT2D eigenvalue weighted by atomic mass is 9.94. The second-order valence-corrected chi connectivity index (χ2v) is 5.88. The van der Waals surface area contributed by atoms with E-state index in [1.807, 2.05) is 6.92 Å². The van der Waals surface area contributed by atoms with E-state index in [2.05, 4.69) is 10.6 Å². The highest BCUT2D eigenvalue weighted by atomic mass is 16.5. The molecule has 0 saturated heterocycles. The average Bonchev–Trinajstić information content (AvgIpc) is 2.66. The molecule has 1 aliphatic carbocycles. The minimum atomic E-state index is -0.638. The number of nitrogens with one attached hydrogen (secondary N) is 2. The number of rotatable bonds is 8. The second-order valence-electron chi connectivity index (χ2n) is 5.88. The monoisotopic (exact) mass is 286 g/mol. The van der Waals surface area contributed by atoms with Crippen LogP contribution in [0.15, 0.2) is 0 Å². The van der Waals surface area contributed by atoms with Crippen molar-refractivity contribution in [2.24, 2.45) is 0 Å². The minimum absolute atomic E-state index is 0.0154. The summed E-state index contributed by atoms with van der Waals surface area (Å²) < 4.78 is 4.94. The fourth-order valence-corrected chi connectivity index (χ4v) is 2.58. The van der Waals surface area contributed by atoms with Crippen molar-refractivity contribution in [2.75, 3.05) is 26.8 Å². The molecule has 0 bridgehead atoms. The maximum Gasteiger partial charge on any atom is 0.236 e. The van der Waals surface area contributed by atoms with E-state index in [0.29, 0.717) is 19.7 Å². The number of methoxy groups -OCH3 is 1. The van der Waals surface area contributed by atoms with Crippen molar-refractivity contribution in [3.63, 3.8) is 0 Å². The zero-order valence-corrected chi connectivity index (χ0v) is 12.9. The summed E-state index contributed by atoms with van der Waals surface area (Å²) in [4.78, 5) is 11.9. The van der Waals surface area contributed by atoms with Gasteiger partial charge in [0, 0.05) is 26.8 Å². The zero-order valence-electron chi connectivity index (χ0n) is 12.9. The molecule has 1 atom stereocenters. The minimum Gasteiger partial charge on any atom is -0.389 e. The normalized spacial score (nSPS) is 20.1. The smallest absolute Gasteiger partial charge is 0.236 e. The molecule has 1 unspecified atom stereocenters. The van der Waals surface area contributed by atoms with Gasteiger partial charge in [-0.2, -0.15) is 0 Å².